The van der Waals surface area contributed by atoms with Gasteiger partial charge >= 0.3 is 5.97 Å². The number of carboxylic acid groups (broad SMARTS) is 1. The second-order valence-electron chi connectivity index (χ2n) is 1.76. The lowest BCUT2D eigenvalue weighted by Gasteiger charge is -2.09. The molecule has 0 unspecified atom stereocenters. The molecule has 0 aliphatic carbocycles. The summed E-state index contributed by atoms with van der Waals surface area (Å²) in [5.74, 6) is -0.198. The first-order chi connectivity index (χ1) is 5.22. The fourth-order valence-corrected chi connectivity index (χ4v) is 1.34. The number of hydrogen-bond donors (Lipinski definition) is 4. The molecule has 0 amide bonds. The second-order valence-corrected chi connectivity index (χ2v) is 3.06. The first kappa shape index (κ1) is 11.1. The van der Waals surface area contributed by atoms with Gasteiger partial charge in [0, 0.05) is 11.5 Å². The van der Waals surface area contributed by atoms with E-state index in [0.29, 0.717) is 5.75 Å². The van der Waals surface area contributed by atoms with Crippen molar-refractivity contribution in [2.45, 2.75) is 6.04 Å². The summed E-state index contributed by atoms with van der Waals surface area (Å²) >= 11 is 5.02. The molecule has 0 radical (unpaired) electrons. The molecule has 0 rings (SSSR count). The molecule has 4 nitrogen and oxygen atoms in total. The van der Waals surface area contributed by atoms with Crippen molar-refractivity contribution >= 4 is 30.5 Å². The Morgan fingerprint density at radius 2 is 2.36 bits per heavy atom. The van der Waals surface area contributed by atoms with Gasteiger partial charge in [-0.15, -0.1) is 0 Å². The van der Waals surface area contributed by atoms with Gasteiger partial charge in [-0.2, -0.15) is 12.6 Å². The van der Waals surface area contributed by atoms with Gasteiger partial charge < -0.3 is 10.2 Å². The van der Waals surface area contributed by atoms with Gasteiger partial charge in [-0.3, -0.25) is 4.79 Å². The highest BCUT2D eigenvalue weighted by Gasteiger charge is 2.13. The summed E-state index contributed by atoms with van der Waals surface area (Å²) in [6.45, 7) is 0.0383. The molecule has 0 saturated carbocycles. The summed E-state index contributed by atoms with van der Waals surface area (Å²) in [6.07, 6.45) is 0. The molecular formula is C5H11NO3S2. The maximum absolute atomic E-state index is 10.3. The molecule has 0 aliphatic rings. The van der Waals surface area contributed by atoms with Gasteiger partial charge in [0.25, 0.3) is 0 Å². The van der Waals surface area contributed by atoms with Crippen molar-refractivity contribution in [3.05, 3.63) is 0 Å². The molecule has 0 fully saturated rings. The number of rotatable bonds is 6. The Labute approximate surface area is 74.9 Å². The largest absolute Gasteiger partial charge is 0.480 e. The number of hydrogen-bond acceptors (Lipinski definition) is 5. The fourth-order valence-electron chi connectivity index (χ4n) is 0.371. The molecule has 0 aromatic carbocycles. The zero-order valence-corrected chi connectivity index (χ0v) is 7.57. The monoisotopic (exact) mass is 197 g/mol. The maximum atomic E-state index is 10.3. The molecule has 0 saturated heterocycles. The minimum Gasteiger partial charge on any atom is -0.480 e. The van der Waals surface area contributed by atoms with E-state index < -0.39 is 12.0 Å². The zero-order chi connectivity index (χ0) is 8.69. The Hall–Kier alpha value is 0.0900. The van der Waals surface area contributed by atoms with Crippen molar-refractivity contribution in [2.24, 2.45) is 0 Å². The van der Waals surface area contributed by atoms with Crippen LogP contribution in [0.4, 0.5) is 0 Å². The van der Waals surface area contributed by atoms with E-state index in [2.05, 4.69) is 17.4 Å². The van der Waals surface area contributed by atoms with Gasteiger partial charge in [0.15, 0.2) is 0 Å². The molecule has 11 heavy (non-hydrogen) atoms. The predicted octanol–water partition coefficient (Wildman–Crippen LogP) is -0.401. The number of nitrogens with one attached hydrogen (secondary N) is 1. The Morgan fingerprint density at radius 1 is 1.73 bits per heavy atom. The van der Waals surface area contributed by atoms with Gasteiger partial charge in [-0.1, -0.05) is 11.9 Å². The first-order valence-electron chi connectivity index (χ1n) is 3.04. The van der Waals surface area contributed by atoms with E-state index in [1.54, 1.807) is 0 Å². The summed E-state index contributed by atoms with van der Waals surface area (Å²) in [4.78, 5) is 10.3. The number of aliphatic hydroxyl groups excluding tert-OH is 1. The lowest BCUT2D eigenvalue weighted by Crippen LogP contribution is -2.34. The van der Waals surface area contributed by atoms with Crippen LogP contribution in [0.1, 0.15) is 0 Å². The van der Waals surface area contributed by atoms with Gasteiger partial charge in [0.05, 0.1) is 6.61 Å². The molecule has 0 aromatic rings. The van der Waals surface area contributed by atoms with Crippen LogP contribution in [0.3, 0.4) is 0 Å². The smallest absolute Gasteiger partial charge is 0.322 e. The van der Waals surface area contributed by atoms with Crippen LogP contribution in [-0.2, 0) is 4.79 Å². The van der Waals surface area contributed by atoms with E-state index in [1.165, 1.54) is 11.9 Å². The van der Waals surface area contributed by atoms with E-state index in [4.69, 9.17) is 10.2 Å². The maximum Gasteiger partial charge on any atom is 0.322 e. The molecular weight excluding hydrogens is 186 g/mol. The van der Waals surface area contributed by atoms with E-state index in [0.717, 1.165) is 0 Å². The molecule has 0 bridgehead atoms. The second kappa shape index (κ2) is 6.78. The minimum atomic E-state index is -0.926. The fraction of sp³-hybridized carbons (Fsp3) is 0.800. The van der Waals surface area contributed by atoms with Crippen molar-refractivity contribution in [3.8, 4) is 0 Å². The molecule has 6 heteroatoms. The van der Waals surface area contributed by atoms with Crippen LogP contribution in [0, 0.1) is 0 Å². The third kappa shape index (κ3) is 5.37. The number of aliphatic carboxylic acids is 1. The molecule has 3 N–H and O–H groups in total. The van der Waals surface area contributed by atoms with Gasteiger partial charge in [0.2, 0.25) is 0 Å². The van der Waals surface area contributed by atoms with Crippen molar-refractivity contribution < 1.29 is 15.0 Å². The van der Waals surface area contributed by atoms with E-state index in [9.17, 15) is 4.79 Å². The molecule has 0 heterocycles. The highest BCUT2D eigenvalue weighted by molar-refractivity contribution is 7.97. The Morgan fingerprint density at radius 3 is 2.73 bits per heavy atom. The van der Waals surface area contributed by atoms with Crippen molar-refractivity contribution in [1.29, 1.82) is 0 Å². The Bertz CT molecular complexity index is 122. The summed E-state index contributed by atoms with van der Waals surface area (Å²) in [5, 5.41) is 16.8. The predicted molar refractivity (Wildman–Crippen MR) is 48.0 cm³/mol. The van der Waals surface area contributed by atoms with Crippen molar-refractivity contribution in [3.63, 3.8) is 0 Å². The normalized spacial score (nSPS) is 12.9. The van der Waals surface area contributed by atoms with Crippen molar-refractivity contribution in [2.75, 3.05) is 18.1 Å². The third-order valence-corrected chi connectivity index (χ3v) is 2.10. The Kier molecular flexibility index (Phi) is 6.83. The molecule has 0 spiro atoms. The number of aliphatic hydroxyl groups is 1. The summed E-state index contributed by atoms with van der Waals surface area (Å²) in [7, 11) is 0. The van der Waals surface area contributed by atoms with Gasteiger partial charge in [-0.25, -0.2) is 4.72 Å². The highest BCUT2D eigenvalue weighted by Crippen LogP contribution is 1.97. The van der Waals surface area contributed by atoms with E-state index in [-0.39, 0.29) is 12.4 Å². The van der Waals surface area contributed by atoms with Crippen molar-refractivity contribution in [1.82, 2.24) is 4.72 Å². The van der Waals surface area contributed by atoms with Crippen LogP contribution in [0.15, 0.2) is 0 Å². The van der Waals surface area contributed by atoms with Gasteiger partial charge in [-0.05, 0) is 0 Å². The van der Waals surface area contributed by atoms with Crippen LogP contribution in [-0.4, -0.2) is 40.3 Å². The van der Waals surface area contributed by atoms with Crippen LogP contribution in [0.2, 0.25) is 0 Å². The summed E-state index contributed by atoms with van der Waals surface area (Å²) in [5.41, 5.74) is 0. The SMILES string of the molecule is O=C(O)[C@H](CS)NSCCO. The summed E-state index contributed by atoms with van der Waals surface area (Å²) < 4.78 is 2.65. The van der Waals surface area contributed by atoms with E-state index >= 15 is 0 Å². The molecule has 66 valence electrons. The quantitative estimate of drug-likeness (QED) is 0.265. The minimum absolute atomic E-state index is 0.0383. The summed E-state index contributed by atoms with van der Waals surface area (Å²) in [6, 6.07) is -0.644. The standard InChI is InChI=1S/C5H11NO3S2/c7-1-2-11-6-4(3-10)5(8)9/h4,6-7,10H,1-3H2,(H,8,9)/t4-/m0/s1. The van der Waals surface area contributed by atoms with Crippen LogP contribution < -0.4 is 4.72 Å². The lowest BCUT2D eigenvalue weighted by atomic mass is 10.4. The third-order valence-electron chi connectivity index (χ3n) is 0.900. The van der Waals surface area contributed by atoms with Crippen LogP contribution in [0.5, 0.6) is 0 Å². The highest BCUT2D eigenvalue weighted by atomic mass is 32.2. The first-order valence-corrected chi connectivity index (χ1v) is 4.66. The lowest BCUT2D eigenvalue weighted by molar-refractivity contribution is -0.138. The van der Waals surface area contributed by atoms with Crippen LogP contribution >= 0.6 is 24.6 Å². The Balaban J connectivity index is 3.44. The van der Waals surface area contributed by atoms with Gasteiger partial charge in [0.1, 0.15) is 6.04 Å². The average Bonchev–Trinajstić information content (AvgIpc) is 1.97. The number of carboxylic acids is 1. The molecule has 0 aliphatic heterocycles. The molecule has 0 aromatic heterocycles. The number of carbonyl (C=O) groups is 1. The van der Waals surface area contributed by atoms with E-state index in [1.807, 2.05) is 0 Å². The number of thiol groups is 1. The zero-order valence-electron chi connectivity index (χ0n) is 5.86. The average molecular weight is 197 g/mol. The van der Waals surface area contributed by atoms with Crippen LogP contribution in [0.25, 0.3) is 0 Å². The molecule has 1 atom stereocenters. The topological polar surface area (TPSA) is 69.6 Å².